The molecule has 0 saturated heterocycles. The first kappa shape index (κ1) is 13.8. The van der Waals surface area contributed by atoms with Gasteiger partial charge in [0.05, 0.1) is 0 Å². The molecular formula is C12H9Cl2F3N2O. The number of halogens is 5. The number of carbonyl (C=O) groups is 1. The van der Waals surface area contributed by atoms with Crippen molar-refractivity contribution in [1.29, 1.82) is 0 Å². The summed E-state index contributed by atoms with van der Waals surface area (Å²) in [6, 6.07) is 2.53. The van der Waals surface area contributed by atoms with Gasteiger partial charge in [0.25, 0.3) is 0 Å². The van der Waals surface area contributed by atoms with Crippen LogP contribution in [0.3, 0.4) is 0 Å². The number of amides is 2. The summed E-state index contributed by atoms with van der Waals surface area (Å²) in [5.74, 6) is 0. The van der Waals surface area contributed by atoms with E-state index in [0.717, 1.165) is 6.07 Å². The van der Waals surface area contributed by atoms with Crippen molar-refractivity contribution in [3.05, 3.63) is 28.8 Å². The zero-order valence-corrected chi connectivity index (χ0v) is 11.5. The van der Waals surface area contributed by atoms with E-state index in [1.807, 2.05) is 0 Å². The lowest BCUT2D eigenvalue weighted by Crippen LogP contribution is -2.59. The fraction of sp³-hybridized carbons (Fsp3) is 0.417. The Bertz CT molecular complexity index is 589. The molecule has 0 radical (unpaired) electrons. The maximum absolute atomic E-state index is 13.6. The lowest BCUT2D eigenvalue weighted by molar-refractivity contribution is -0.198. The quantitative estimate of drug-likeness (QED) is 0.606. The third-order valence-corrected chi connectivity index (χ3v) is 4.25. The van der Waals surface area contributed by atoms with Gasteiger partial charge < -0.3 is 5.32 Å². The molecule has 1 heterocycles. The van der Waals surface area contributed by atoms with Crippen LogP contribution in [0.2, 0.25) is 5.02 Å². The maximum atomic E-state index is 13.6. The zero-order chi connectivity index (χ0) is 14.7. The molecule has 1 N–H and O–H groups in total. The van der Waals surface area contributed by atoms with Crippen molar-refractivity contribution in [1.82, 2.24) is 4.90 Å². The predicted molar refractivity (Wildman–Crippen MR) is 68.9 cm³/mol. The molecule has 3 nitrogen and oxygen atoms in total. The van der Waals surface area contributed by atoms with Crippen molar-refractivity contribution < 1.29 is 18.0 Å². The Hall–Kier alpha value is -1.14. The third kappa shape index (κ3) is 1.85. The molecule has 1 aromatic carbocycles. The highest BCUT2D eigenvalue weighted by Gasteiger charge is 2.65. The molecule has 1 saturated carbocycles. The van der Waals surface area contributed by atoms with Crippen LogP contribution in [0.1, 0.15) is 18.4 Å². The van der Waals surface area contributed by atoms with Crippen LogP contribution in [-0.2, 0) is 5.00 Å². The van der Waals surface area contributed by atoms with Crippen molar-refractivity contribution in [3.8, 4) is 0 Å². The molecule has 1 atom stereocenters. The van der Waals surface area contributed by atoms with Crippen LogP contribution in [-0.4, -0.2) is 23.1 Å². The Labute approximate surface area is 122 Å². The second kappa shape index (κ2) is 4.18. The van der Waals surface area contributed by atoms with Crippen LogP contribution in [0.4, 0.5) is 23.7 Å². The number of nitrogens with zero attached hydrogens (tertiary/aromatic N) is 1. The lowest BCUT2D eigenvalue weighted by Gasteiger charge is -2.44. The first-order chi connectivity index (χ1) is 9.25. The van der Waals surface area contributed by atoms with Gasteiger partial charge in [0, 0.05) is 22.3 Å². The normalized spacial score (nSPS) is 26.2. The van der Waals surface area contributed by atoms with Crippen LogP contribution in [0.25, 0.3) is 0 Å². The number of urea groups is 1. The number of nitrogens with one attached hydrogen (secondary N) is 1. The average molecular weight is 325 g/mol. The first-order valence-corrected chi connectivity index (χ1v) is 6.66. The van der Waals surface area contributed by atoms with Crippen LogP contribution in [0.5, 0.6) is 0 Å². The smallest absolute Gasteiger partial charge is 0.307 e. The fourth-order valence-electron chi connectivity index (χ4n) is 2.38. The van der Waals surface area contributed by atoms with Crippen molar-refractivity contribution in [2.45, 2.75) is 30.1 Å². The van der Waals surface area contributed by atoms with Gasteiger partial charge in [-0.3, -0.25) is 4.90 Å². The molecule has 1 aromatic rings. The Kier molecular flexibility index (Phi) is 2.89. The Morgan fingerprint density at radius 2 is 2.00 bits per heavy atom. The summed E-state index contributed by atoms with van der Waals surface area (Å²) in [5.41, 5.74) is -0.214. The highest BCUT2D eigenvalue weighted by Crippen LogP contribution is 2.55. The first-order valence-electron chi connectivity index (χ1n) is 5.91. The number of benzene rings is 1. The van der Waals surface area contributed by atoms with E-state index in [-0.39, 0.29) is 16.3 Å². The molecule has 0 bridgehead atoms. The molecule has 108 valence electrons. The van der Waals surface area contributed by atoms with Crippen LogP contribution < -0.4 is 5.32 Å². The summed E-state index contributed by atoms with van der Waals surface area (Å²) in [6.07, 6.45) is -3.80. The van der Waals surface area contributed by atoms with Crippen LogP contribution in [0, 0.1) is 0 Å². The van der Waals surface area contributed by atoms with Gasteiger partial charge in [0.15, 0.2) is 0 Å². The standard InChI is InChI=1S/C12H9Cl2F3N2O/c13-6-1-4-9-8(5-6)11(14,12(15,16)17)19(7-2-3-7)10(20)18-9/h1,4-5,7H,2-3H2,(H,18,20)/t11-/m0/s1. The SMILES string of the molecule is O=C1Nc2ccc(Cl)cc2[C@@](Cl)(C(F)(F)F)N1C1CC1. The van der Waals surface area contributed by atoms with Gasteiger partial charge in [-0.1, -0.05) is 23.2 Å². The fourth-order valence-corrected chi connectivity index (χ4v) is 2.93. The topological polar surface area (TPSA) is 32.3 Å². The Balaban J connectivity index is 2.24. The van der Waals surface area contributed by atoms with Gasteiger partial charge in [0.1, 0.15) is 0 Å². The van der Waals surface area contributed by atoms with E-state index in [1.165, 1.54) is 12.1 Å². The largest absolute Gasteiger partial charge is 0.430 e. The number of anilines is 1. The molecule has 0 unspecified atom stereocenters. The minimum Gasteiger partial charge on any atom is -0.307 e. The van der Waals surface area contributed by atoms with Gasteiger partial charge >= 0.3 is 12.2 Å². The van der Waals surface area contributed by atoms with Crippen molar-refractivity contribution in [3.63, 3.8) is 0 Å². The molecule has 1 aliphatic carbocycles. The van der Waals surface area contributed by atoms with E-state index in [9.17, 15) is 18.0 Å². The molecule has 2 amide bonds. The number of hydrogen-bond donors (Lipinski definition) is 1. The lowest BCUT2D eigenvalue weighted by atomic mass is 9.99. The van der Waals surface area contributed by atoms with E-state index in [1.54, 1.807) is 0 Å². The molecule has 1 aliphatic heterocycles. The number of carbonyl (C=O) groups excluding carboxylic acids is 1. The molecule has 8 heteroatoms. The molecule has 1 fully saturated rings. The van der Waals surface area contributed by atoms with Crippen molar-refractivity contribution in [2.24, 2.45) is 0 Å². The van der Waals surface area contributed by atoms with Crippen LogP contribution in [0.15, 0.2) is 18.2 Å². The molecule has 0 aromatic heterocycles. The van der Waals surface area contributed by atoms with E-state index in [0.29, 0.717) is 17.7 Å². The molecule has 3 rings (SSSR count). The summed E-state index contributed by atoms with van der Waals surface area (Å²) < 4.78 is 40.7. The molecule has 2 aliphatic rings. The van der Waals surface area contributed by atoms with Crippen molar-refractivity contribution >= 4 is 34.9 Å². The highest BCUT2D eigenvalue weighted by atomic mass is 35.5. The van der Waals surface area contributed by atoms with E-state index < -0.39 is 23.2 Å². The number of hydrogen-bond acceptors (Lipinski definition) is 1. The molecule has 0 spiro atoms. The van der Waals surface area contributed by atoms with Crippen molar-refractivity contribution in [2.75, 3.05) is 5.32 Å². The van der Waals surface area contributed by atoms with Gasteiger partial charge in [0.2, 0.25) is 5.00 Å². The summed E-state index contributed by atoms with van der Waals surface area (Å²) >= 11 is 11.7. The van der Waals surface area contributed by atoms with E-state index in [2.05, 4.69) is 5.32 Å². The minimum absolute atomic E-state index is 0.0311. The zero-order valence-electron chi connectivity index (χ0n) is 9.97. The van der Waals surface area contributed by atoms with Crippen LogP contribution >= 0.6 is 23.2 Å². The highest BCUT2D eigenvalue weighted by molar-refractivity contribution is 6.31. The Morgan fingerprint density at radius 1 is 1.35 bits per heavy atom. The second-order valence-electron chi connectivity index (χ2n) is 4.84. The number of fused-ring (bicyclic) bond motifs is 1. The van der Waals surface area contributed by atoms with Gasteiger partial charge in [-0.15, -0.1) is 0 Å². The van der Waals surface area contributed by atoms with Gasteiger partial charge in [-0.2, -0.15) is 13.2 Å². The Morgan fingerprint density at radius 3 is 2.55 bits per heavy atom. The average Bonchev–Trinajstić information content (AvgIpc) is 3.13. The summed E-state index contributed by atoms with van der Waals surface area (Å²) in [6.45, 7) is 0. The molecular weight excluding hydrogens is 316 g/mol. The maximum Gasteiger partial charge on any atom is 0.430 e. The molecule has 20 heavy (non-hydrogen) atoms. The summed E-state index contributed by atoms with van der Waals surface area (Å²) in [5, 5.41) is 2.56. The van der Waals surface area contributed by atoms with E-state index >= 15 is 0 Å². The third-order valence-electron chi connectivity index (χ3n) is 3.42. The van der Waals surface area contributed by atoms with Gasteiger partial charge in [-0.25, -0.2) is 4.79 Å². The van der Waals surface area contributed by atoms with E-state index in [4.69, 9.17) is 23.2 Å². The monoisotopic (exact) mass is 324 g/mol. The number of alkyl halides is 4. The summed E-state index contributed by atoms with van der Waals surface area (Å²) in [4.78, 5) is 9.78. The van der Waals surface area contributed by atoms with Gasteiger partial charge in [-0.05, 0) is 31.0 Å². The minimum atomic E-state index is -4.81. The predicted octanol–water partition coefficient (Wildman–Crippen LogP) is 4.30. The number of rotatable bonds is 1. The summed E-state index contributed by atoms with van der Waals surface area (Å²) in [7, 11) is 0. The second-order valence-corrected chi connectivity index (χ2v) is 5.82.